The van der Waals surface area contributed by atoms with Gasteiger partial charge in [0.25, 0.3) is 5.95 Å². The Morgan fingerprint density at radius 1 is 1.12 bits per heavy atom. The lowest BCUT2D eigenvalue weighted by atomic mass is 10.3. The lowest BCUT2D eigenvalue weighted by Gasteiger charge is -2.21. The van der Waals surface area contributed by atoms with E-state index in [9.17, 15) is 0 Å². The van der Waals surface area contributed by atoms with Crippen LogP contribution in [-0.4, -0.2) is 23.5 Å². The van der Waals surface area contributed by atoms with Gasteiger partial charge in [0, 0.05) is 14.1 Å². The zero-order valence-electron chi connectivity index (χ0n) is 11.8. The molecule has 0 aromatic heterocycles. The van der Waals surface area contributed by atoms with E-state index in [0.29, 0.717) is 5.95 Å². The van der Waals surface area contributed by atoms with Gasteiger partial charge in [-0.3, -0.25) is 0 Å². The van der Waals surface area contributed by atoms with Gasteiger partial charge in [0.1, 0.15) is 0 Å². The van der Waals surface area contributed by atoms with E-state index >= 15 is 0 Å². The minimum absolute atomic E-state index is 0.613. The molecule has 0 atom stereocenters. The molecular weight excluding hydrogens is 232 g/mol. The fraction of sp³-hybridized carbons (Fsp3) is 0.667. The lowest BCUT2D eigenvalue weighted by molar-refractivity contribution is 0.147. The first-order chi connectivity index (χ1) is 7.03. The zero-order chi connectivity index (χ0) is 13.0. The minimum Gasteiger partial charge on any atom is -0.520 e. The van der Waals surface area contributed by atoms with Crippen molar-refractivity contribution in [1.29, 1.82) is 0 Å². The Hall–Kier alpha value is -0.486. The molecule has 94 valence electrons. The van der Waals surface area contributed by atoms with E-state index in [4.69, 9.17) is 9.16 Å². The summed E-state index contributed by atoms with van der Waals surface area (Å²) in [6.07, 6.45) is 1.94. The minimum atomic E-state index is -1.59. The molecule has 0 heterocycles. The molecule has 0 aromatic carbocycles. The van der Waals surface area contributed by atoms with Gasteiger partial charge in [0.15, 0.2) is 0 Å². The van der Waals surface area contributed by atoms with Crippen LogP contribution in [0.3, 0.4) is 0 Å². The van der Waals surface area contributed by atoms with Crippen molar-refractivity contribution in [1.82, 2.24) is 0 Å². The number of allylic oxidation sites excluding steroid dienone is 2. The van der Waals surface area contributed by atoms with Gasteiger partial charge in [-0.05, 0) is 25.7 Å². The second-order valence-corrected chi connectivity index (χ2v) is 16.2. The molecule has 0 radical (unpaired) electrons. The van der Waals surface area contributed by atoms with Crippen LogP contribution in [0.2, 0.25) is 45.3 Å². The number of hydrogen-bond acceptors (Lipinski definition) is 2. The summed E-state index contributed by atoms with van der Waals surface area (Å²) in [5.41, 5.74) is 1.11. The van der Waals surface area contributed by atoms with Crippen LogP contribution in [0.15, 0.2) is 24.2 Å². The number of rotatable bonds is 6. The van der Waals surface area contributed by atoms with Gasteiger partial charge in [0.2, 0.25) is 8.32 Å². The smallest absolute Gasteiger partial charge is 0.265 e. The van der Waals surface area contributed by atoms with Gasteiger partial charge in [-0.2, -0.15) is 0 Å². The quantitative estimate of drug-likeness (QED) is 0.403. The molecule has 0 aliphatic heterocycles. The van der Waals surface area contributed by atoms with E-state index in [0.717, 1.165) is 11.6 Å². The van der Waals surface area contributed by atoms with E-state index in [1.807, 2.05) is 6.08 Å². The van der Waals surface area contributed by atoms with Crippen LogP contribution >= 0.6 is 0 Å². The molecule has 0 aliphatic rings. The molecule has 2 nitrogen and oxygen atoms in total. The van der Waals surface area contributed by atoms with Crippen molar-refractivity contribution in [3.05, 3.63) is 24.2 Å². The third-order valence-corrected chi connectivity index (χ3v) is 4.02. The molecule has 0 aromatic rings. The van der Waals surface area contributed by atoms with Crippen LogP contribution in [0.25, 0.3) is 0 Å². The van der Waals surface area contributed by atoms with Crippen molar-refractivity contribution in [2.24, 2.45) is 0 Å². The first kappa shape index (κ1) is 15.5. The maximum Gasteiger partial charge on any atom is 0.265 e. The maximum absolute atomic E-state index is 5.80. The third-order valence-electron chi connectivity index (χ3n) is 1.69. The highest BCUT2D eigenvalue weighted by molar-refractivity contribution is 6.76. The molecular formula is C12H26O2Si2. The van der Waals surface area contributed by atoms with Crippen LogP contribution in [0.1, 0.15) is 0 Å². The van der Waals surface area contributed by atoms with E-state index in [2.05, 4.69) is 45.9 Å². The molecule has 0 rings (SSSR count). The van der Waals surface area contributed by atoms with Crippen molar-refractivity contribution in [3.63, 3.8) is 0 Å². The Morgan fingerprint density at radius 2 is 1.62 bits per heavy atom. The van der Waals surface area contributed by atoms with Crippen molar-refractivity contribution in [2.45, 2.75) is 45.3 Å². The molecule has 0 spiro atoms. The van der Waals surface area contributed by atoms with Gasteiger partial charge in [-0.15, -0.1) is 0 Å². The van der Waals surface area contributed by atoms with Crippen LogP contribution in [0.5, 0.6) is 0 Å². The summed E-state index contributed by atoms with van der Waals surface area (Å²) >= 11 is 0. The largest absolute Gasteiger partial charge is 0.520 e. The molecule has 0 bridgehead atoms. The Labute approximate surface area is 102 Å². The van der Waals surface area contributed by atoms with Gasteiger partial charge in [-0.1, -0.05) is 31.8 Å². The van der Waals surface area contributed by atoms with Crippen LogP contribution < -0.4 is 0 Å². The zero-order valence-corrected chi connectivity index (χ0v) is 13.8. The first-order valence-corrected chi connectivity index (χ1v) is 12.8. The van der Waals surface area contributed by atoms with E-state index in [1.54, 1.807) is 7.11 Å². The van der Waals surface area contributed by atoms with Gasteiger partial charge < -0.3 is 9.16 Å². The lowest BCUT2D eigenvalue weighted by Crippen LogP contribution is -2.25. The molecule has 0 unspecified atom stereocenters. The second kappa shape index (κ2) is 5.73. The SMILES string of the molecule is C=C(/C=C(\OC)O[Si](C)(C)C)C[Si](C)(C)C. The fourth-order valence-corrected chi connectivity index (χ4v) is 3.54. The third kappa shape index (κ3) is 8.79. The topological polar surface area (TPSA) is 18.5 Å². The maximum atomic E-state index is 5.80. The summed E-state index contributed by atoms with van der Waals surface area (Å²) in [7, 11) is -1.05. The molecule has 0 aliphatic carbocycles. The highest BCUT2D eigenvalue weighted by atomic mass is 28.4. The summed E-state index contributed by atoms with van der Waals surface area (Å²) in [5.74, 6) is 0.613. The average molecular weight is 259 g/mol. The highest BCUT2D eigenvalue weighted by Gasteiger charge is 2.19. The number of hydrogen-bond donors (Lipinski definition) is 0. The van der Waals surface area contributed by atoms with Crippen molar-refractivity contribution < 1.29 is 9.16 Å². The number of ether oxygens (including phenoxy) is 1. The van der Waals surface area contributed by atoms with Crippen LogP contribution in [0.4, 0.5) is 0 Å². The van der Waals surface area contributed by atoms with Gasteiger partial charge in [0.05, 0.1) is 7.11 Å². The molecule has 0 saturated heterocycles. The van der Waals surface area contributed by atoms with Crippen LogP contribution in [-0.2, 0) is 9.16 Å². The molecule has 0 fully saturated rings. The first-order valence-electron chi connectivity index (χ1n) is 5.66. The summed E-state index contributed by atoms with van der Waals surface area (Å²) in [4.78, 5) is 0. The number of methoxy groups -OCH3 is 1. The Morgan fingerprint density at radius 3 is 1.94 bits per heavy atom. The van der Waals surface area contributed by atoms with Crippen LogP contribution in [0, 0.1) is 0 Å². The Kier molecular flexibility index (Phi) is 5.55. The van der Waals surface area contributed by atoms with Gasteiger partial charge >= 0.3 is 0 Å². The predicted octanol–water partition coefficient (Wildman–Crippen LogP) is 4.22. The molecule has 16 heavy (non-hydrogen) atoms. The summed E-state index contributed by atoms with van der Waals surface area (Å²) < 4.78 is 11.0. The summed E-state index contributed by atoms with van der Waals surface area (Å²) in [5, 5.41) is 0. The monoisotopic (exact) mass is 258 g/mol. The second-order valence-electron chi connectivity index (χ2n) is 6.28. The molecule has 0 saturated carbocycles. The van der Waals surface area contributed by atoms with E-state index in [1.165, 1.54) is 0 Å². The Bertz CT molecular complexity index is 270. The summed E-state index contributed by atoms with van der Waals surface area (Å²) in [6.45, 7) is 17.5. The predicted molar refractivity (Wildman–Crippen MR) is 76.8 cm³/mol. The molecule has 0 N–H and O–H groups in total. The molecule has 4 heteroatoms. The standard InChI is InChI=1S/C12H26O2Si2/c1-11(10-15(3,4)5)9-12(13-2)14-16(6,7)8/h9H,1,10H2,2-8H3/b12-9+. The van der Waals surface area contributed by atoms with E-state index < -0.39 is 16.4 Å². The summed E-state index contributed by atoms with van der Waals surface area (Å²) in [6, 6.07) is 1.08. The molecule has 0 amide bonds. The van der Waals surface area contributed by atoms with E-state index in [-0.39, 0.29) is 0 Å². The van der Waals surface area contributed by atoms with Crippen molar-refractivity contribution >= 4 is 16.4 Å². The fourth-order valence-electron chi connectivity index (χ4n) is 1.33. The normalized spacial score (nSPS) is 13.6. The van der Waals surface area contributed by atoms with Crippen molar-refractivity contribution in [3.8, 4) is 0 Å². The van der Waals surface area contributed by atoms with Crippen molar-refractivity contribution in [2.75, 3.05) is 7.11 Å². The Balaban J connectivity index is 4.53. The van der Waals surface area contributed by atoms with Gasteiger partial charge in [-0.25, -0.2) is 0 Å². The average Bonchev–Trinajstić information content (AvgIpc) is 1.96. The highest BCUT2D eigenvalue weighted by Crippen LogP contribution is 2.19.